The van der Waals surface area contributed by atoms with Crippen LogP contribution in [-0.2, 0) is 17.3 Å². The molecule has 1 aliphatic heterocycles. The maximum Gasteiger partial charge on any atom is 0.232 e. The Balaban J connectivity index is 1.77. The molecule has 140 valence electrons. The molecule has 1 unspecified atom stereocenters. The van der Waals surface area contributed by atoms with Crippen LogP contribution < -0.4 is 15.8 Å². The van der Waals surface area contributed by atoms with Gasteiger partial charge in [-0.25, -0.2) is 0 Å². The maximum atomic E-state index is 12.1. The van der Waals surface area contributed by atoms with Gasteiger partial charge in [-0.3, -0.25) is 9.11 Å². The van der Waals surface area contributed by atoms with E-state index in [9.17, 15) is 4.21 Å². The Bertz CT molecular complexity index is 814. The van der Waals surface area contributed by atoms with Crippen LogP contribution in [0, 0.1) is 0 Å². The molecule has 1 saturated heterocycles. The third-order valence-electron chi connectivity index (χ3n) is 4.23. The Morgan fingerprint density at radius 2 is 2.08 bits per heavy atom. The number of rotatable bonds is 5. The van der Waals surface area contributed by atoms with Gasteiger partial charge in [0.1, 0.15) is 11.6 Å². The largest absolute Gasteiger partial charge is 0.495 e. The van der Waals surface area contributed by atoms with E-state index >= 15 is 0 Å². The van der Waals surface area contributed by atoms with E-state index in [4.69, 9.17) is 10.5 Å². The number of hydrogen-bond acceptors (Lipinski definition) is 8. The van der Waals surface area contributed by atoms with Crippen molar-refractivity contribution in [2.45, 2.75) is 25.1 Å². The maximum absolute atomic E-state index is 12.1. The van der Waals surface area contributed by atoms with Crippen LogP contribution in [0.5, 0.6) is 5.75 Å². The zero-order valence-electron chi connectivity index (χ0n) is 15.2. The van der Waals surface area contributed by atoms with Gasteiger partial charge in [0.15, 0.2) is 0 Å². The van der Waals surface area contributed by atoms with Crippen molar-refractivity contribution >= 4 is 28.4 Å². The molecule has 1 aromatic heterocycles. The average Bonchev–Trinajstić information content (AvgIpc) is 2.58. The Morgan fingerprint density at radius 1 is 1.31 bits per heavy atom. The number of anilines is 3. The number of benzene rings is 1. The molecule has 1 atom stereocenters. The summed E-state index contributed by atoms with van der Waals surface area (Å²) in [4.78, 5) is 15.1. The molecular formula is C17H24N6O2S. The number of para-hydroxylation sites is 2. The Morgan fingerprint density at radius 3 is 2.81 bits per heavy atom. The summed E-state index contributed by atoms with van der Waals surface area (Å²) in [6.07, 6.45) is 0. The summed E-state index contributed by atoms with van der Waals surface area (Å²) in [5, 5.41) is 3.13. The molecule has 0 aliphatic carbocycles. The molecule has 26 heavy (non-hydrogen) atoms. The number of nitrogens with zero attached hydrogens (tertiary/aromatic N) is 4. The van der Waals surface area contributed by atoms with Crippen LogP contribution in [-0.4, -0.2) is 54.8 Å². The van der Waals surface area contributed by atoms with E-state index in [0.29, 0.717) is 29.8 Å². The van der Waals surface area contributed by atoms with Crippen LogP contribution in [0.3, 0.4) is 0 Å². The third kappa shape index (κ3) is 4.28. The molecule has 8 nitrogen and oxygen atoms in total. The second-order valence-corrected chi connectivity index (χ2v) is 8.98. The molecule has 0 spiro atoms. The molecule has 3 rings (SSSR count). The van der Waals surface area contributed by atoms with Crippen LogP contribution in [0.4, 0.5) is 17.6 Å². The zero-order chi connectivity index (χ0) is 18.7. The summed E-state index contributed by atoms with van der Waals surface area (Å²) in [5.41, 5.74) is 6.61. The molecule has 3 N–H and O–H groups in total. The highest BCUT2D eigenvalue weighted by Crippen LogP contribution is 2.26. The molecule has 0 saturated carbocycles. The van der Waals surface area contributed by atoms with Gasteiger partial charge in [0, 0.05) is 29.6 Å². The minimum atomic E-state index is -0.814. The summed E-state index contributed by atoms with van der Waals surface area (Å²) < 4.78 is 17.2. The molecule has 1 aliphatic rings. The Hall–Kier alpha value is -2.26. The minimum absolute atomic E-state index is 0.159. The van der Waals surface area contributed by atoms with Gasteiger partial charge in [0.2, 0.25) is 11.9 Å². The van der Waals surface area contributed by atoms with Crippen LogP contribution in [0.1, 0.15) is 19.7 Å². The summed E-state index contributed by atoms with van der Waals surface area (Å²) in [6.45, 7) is 6.04. The monoisotopic (exact) mass is 376 g/mol. The van der Waals surface area contributed by atoms with Gasteiger partial charge in [-0.15, -0.1) is 0 Å². The second-order valence-electron chi connectivity index (χ2n) is 6.78. The van der Waals surface area contributed by atoms with Crippen LogP contribution >= 0.6 is 0 Å². The minimum Gasteiger partial charge on any atom is -0.495 e. The quantitative estimate of drug-likeness (QED) is 0.809. The van der Waals surface area contributed by atoms with Crippen LogP contribution in [0.15, 0.2) is 24.3 Å². The second kappa shape index (κ2) is 7.55. The summed E-state index contributed by atoms with van der Waals surface area (Å²) in [5.74, 6) is 2.45. The van der Waals surface area contributed by atoms with Crippen molar-refractivity contribution in [3.05, 3.63) is 30.1 Å². The van der Waals surface area contributed by atoms with Gasteiger partial charge in [-0.05, 0) is 26.0 Å². The van der Waals surface area contributed by atoms with Crippen molar-refractivity contribution in [1.29, 1.82) is 0 Å². The molecule has 2 heterocycles. The standard InChI is InChI=1S/C17H24N6O2S/c1-17(2)11-23(8-9-26(17)24)10-14-20-15(18)22-16(21-14)19-12-6-4-5-7-13(12)25-3/h4-7H,8-11H2,1-3H3,(H3,18,19,20,21,22). The number of nitrogens with two attached hydrogens (primary N) is 1. The van der Waals surface area contributed by atoms with E-state index in [-0.39, 0.29) is 10.7 Å². The fraction of sp³-hybridized carbons (Fsp3) is 0.471. The number of nitrogens with one attached hydrogen (secondary N) is 1. The SMILES string of the molecule is COc1ccccc1Nc1nc(N)nc(CN2CCS(=O)C(C)(C)C2)n1. The lowest BCUT2D eigenvalue weighted by atomic mass is 10.2. The van der Waals surface area contributed by atoms with Crippen LogP contribution in [0.25, 0.3) is 0 Å². The van der Waals surface area contributed by atoms with Gasteiger partial charge in [-0.1, -0.05) is 12.1 Å². The molecule has 1 aromatic carbocycles. The fourth-order valence-corrected chi connectivity index (χ4v) is 4.25. The predicted molar refractivity (Wildman–Crippen MR) is 103 cm³/mol. The number of nitrogen functional groups attached to an aromatic ring is 1. The molecule has 0 amide bonds. The first-order valence-corrected chi connectivity index (χ1v) is 9.70. The zero-order valence-corrected chi connectivity index (χ0v) is 16.0. The van der Waals surface area contributed by atoms with Crippen molar-refractivity contribution in [1.82, 2.24) is 19.9 Å². The van der Waals surface area contributed by atoms with Crippen LogP contribution in [0.2, 0.25) is 0 Å². The molecular weight excluding hydrogens is 352 g/mol. The lowest BCUT2D eigenvalue weighted by Gasteiger charge is -2.36. The van der Waals surface area contributed by atoms with E-state index in [0.717, 1.165) is 18.8 Å². The first-order valence-electron chi connectivity index (χ1n) is 8.39. The van der Waals surface area contributed by atoms with Gasteiger partial charge in [0.25, 0.3) is 0 Å². The van der Waals surface area contributed by atoms with E-state index < -0.39 is 10.8 Å². The fourth-order valence-electron chi connectivity index (χ4n) is 2.95. The van der Waals surface area contributed by atoms with E-state index in [1.165, 1.54) is 0 Å². The number of ether oxygens (including phenoxy) is 1. The first-order chi connectivity index (χ1) is 12.4. The molecule has 1 fully saturated rings. The smallest absolute Gasteiger partial charge is 0.232 e. The molecule has 2 aromatic rings. The van der Waals surface area contributed by atoms with Gasteiger partial charge in [0.05, 0.1) is 24.1 Å². The number of hydrogen-bond donors (Lipinski definition) is 2. The highest BCUT2D eigenvalue weighted by Gasteiger charge is 2.33. The highest BCUT2D eigenvalue weighted by atomic mass is 32.2. The average molecular weight is 376 g/mol. The highest BCUT2D eigenvalue weighted by molar-refractivity contribution is 7.86. The van der Waals surface area contributed by atoms with Gasteiger partial charge < -0.3 is 15.8 Å². The molecule has 9 heteroatoms. The Labute approximate surface area is 155 Å². The lowest BCUT2D eigenvalue weighted by Crippen LogP contribution is -2.49. The van der Waals surface area contributed by atoms with E-state index in [1.807, 2.05) is 38.1 Å². The number of aromatic nitrogens is 3. The summed E-state index contributed by atoms with van der Waals surface area (Å²) >= 11 is 0. The first kappa shape index (κ1) is 18.5. The summed E-state index contributed by atoms with van der Waals surface area (Å²) in [6, 6.07) is 7.51. The van der Waals surface area contributed by atoms with Gasteiger partial charge >= 0.3 is 0 Å². The summed E-state index contributed by atoms with van der Waals surface area (Å²) in [7, 11) is 0.793. The van der Waals surface area contributed by atoms with Gasteiger partial charge in [-0.2, -0.15) is 15.0 Å². The predicted octanol–water partition coefficient (Wildman–Crippen LogP) is 1.55. The lowest BCUT2D eigenvalue weighted by molar-refractivity contribution is 0.242. The van der Waals surface area contributed by atoms with Crippen molar-refractivity contribution in [2.75, 3.05) is 37.0 Å². The van der Waals surface area contributed by atoms with Crippen molar-refractivity contribution in [3.8, 4) is 5.75 Å². The van der Waals surface area contributed by atoms with Crippen molar-refractivity contribution in [2.24, 2.45) is 0 Å². The van der Waals surface area contributed by atoms with Crippen molar-refractivity contribution in [3.63, 3.8) is 0 Å². The topological polar surface area (TPSA) is 106 Å². The third-order valence-corrected chi connectivity index (χ3v) is 6.15. The van der Waals surface area contributed by atoms with Crippen molar-refractivity contribution < 1.29 is 8.95 Å². The van der Waals surface area contributed by atoms with E-state index in [2.05, 4.69) is 25.2 Å². The van der Waals surface area contributed by atoms with E-state index in [1.54, 1.807) is 7.11 Å². The Kier molecular flexibility index (Phi) is 5.38. The number of methoxy groups -OCH3 is 1. The molecule has 0 radical (unpaired) electrons. The molecule has 0 bridgehead atoms. The normalized spacial score (nSPS) is 19.9.